The normalized spacial score (nSPS) is 12.6. The molecule has 1 amide bonds. The summed E-state index contributed by atoms with van der Waals surface area (Å²) < 4.78 is 27.4. The van der Waals surface area contributed by atoms with Crippen LogP contribution in [0.3, 0.4) is 0 Å². The first kappa shape index (κ1) is 23.9. The van der Waals surface area contributed by atoms with E-state index in [-0.39, 0.29) is 22.5 Å². The molecule has 0 aliphatic carbocycles. The average Bonchev–Trinajstić information content (AvgIpc) is 3.06. The molecular formula is C21H28ClNO4S2. The van der Waals surface area contributed by atoms with Gasteiger partial charge in [0.1, 0.15) is 4.21 Å². The summed E-state index contributed by atoms with van der Waals surface area (Å²) in [6.45, 7) is 11.2. The van der Waals surface area contributed by atoms with E-state index in [1.54, 1.807) is 19.2 Å². The van der Waals surface area contributed by atoms with Gasteiger partial charge >= 0.3 is 0 Å². The lowest BCUT2D eigenvalue weighted by Gasteiger charge is -2.20. The summed E-state index contributed by atoms with van der Waals surface area (Å²) in [5, 5.41) is 12.2. The fraction of sp³-hybridized carbons (Fsp3) is 0.476. The molecule has 2 aromatic rings. The zero-order valence-electron chi connectivity index (χ0n) is 17.5. The van der Waals surface area contributed by atoms with E-state index in [0.29, 0.717) is 10.6 Å². The van der Waals surface area contributed by atoms with E-state index in [4.69, 9.17) is 11.6 Å². The number of sulfonamides is 1. The van der Waals surface area contributed by atoms with E-state index < -0.39 is 21.5 Å². The monoisotopic (exact) mass is 457 g/mol. The van der Waals surface area contributed by atoms with Crippen molar-refractivity contribution >= 4 is 38.9 Å². The highest BCUT2D eigenvalue weighted by Crippen LogP contribution is 2.32. The zero-order chi connectivity index (χ0) is 22.1. The highest BCUT2D eigenvalue weighted by molar-refractivity contribution is 7.92. The quantitative estimate of drug-likeness (QED) is 0.617. The Hall–Kier alpha value is -1.41. The zero-order valence-corrected chi connectivity index (χ0v) is 19.9. The van der Waals surface area contributed by atoms with E-state index >= 15 is 0 Å². The number of benzene rings is 1. The van der Waals surface area contributed by atoms with Crippen LogP contribution in [0.15, 0.2) is 27.8 Å². The SMILES string of the molecule is CC(C)c1cc(Cl)cc(C(C)C)c1CC(=O)NS(=O)(=O)c1cc(C(C)(C)O)cs1. The van der Waals surface area contributed by atoms with Gasteiger partial charge in [-0.15, -0.1) is 11.3 Å². The van der Waals surface area contributed by atoms with Crippen LogP contribution in [-0.4, -0.2) is 19.4 Å². The maximum atomic E-state index is 12.7. The van der Waals surface area contributed by atoms with Crippen molar-refractivity contribution in [3.63, 3.8) is 0 Å². The van der Waals surface area contributed by atoms with Crippen LogP contribution < -0.4 is 4.72 Å². The molecule has 0 spiro atoms. The van der Waals surface area contributed by atoms with Crippen LogP contribution >= 0.6 is 22.9 Å². The van der Waals surface area contributed by atoms with E-state index in [0.717, 1.165) is 28.0 Å². The van der Waals surface area contributed by atoms with Crippen LogP contribution in [0.2, 0.25) is 5.02 Å². The molecule has 0 radical (unpaired) electrons. The van der Waals surface area contributed by atoms with E-state index in [1.165, 1.54) is 6.07 Å². The Morgan fingerprint density at radius 1 is 1.14 bits per heavy atom. The first-order valence-electron chi connectivity index (χ1n) is 9.41. The Labute approximate surface area is 182 Å². The second-order valence-corrected chi connectivity index (χ2v) is 11.5. The summed E-state index contributed by atoms with van der Waals surface area (Å²) in [7, 11) is -4.01. The molecule has 29 heavy (non-hydrogen) atoms. The van der Waals surface area contributed by atoms with E-state index in [9.17, 15) is 18.3 Å². The smallest absolute Gasteiger partial charge is 0.273 e. The van der Waals surface area contributed by atoms with Crippen molar-refractivity contribution in [2.75, 3.05) is 0 Å². The van der Waals surface area contributed by atoms with Crippen molar-refractivity contribution in [2.45, 2.75) is 69.6 Å². The molecule has 2 N–H and O–H groups in total. The van der Waals surface area contributed by atoms with Crippen LogP contribution in [0, 0.1) is 0 Å². The number of amides is 1. The Morgan fingerprint density at radius 2 is 1.66 bits per heavy atom. The summed E-state index contributed by atoms with van der Waals surface area (Å²) in [5.74, 6) is -0.330. The molecule has 0 fully saturated rings. The van der Waals surface area contributed by atoms with Crippen LogP contribution in [0.25, 0.3) is 0 Å². The van der Waals surface area contributed by atoms with Crippen molar-refractivity contribution < 1.29 is 18.3 Å². The first-order valence-corrected chi connectivity index (χ1v) is 12.2. The third-order valence-corrected chi connectivity index (χ3v) is 7.69. The molecule has 0 saturated carbocycles. The van der Waals surface area contributed by atoms with Crippen LogP contribution in [0.1, 0.15) is 75.6 Å². The van der Waals surface area contributed by atoms with Crippen molar-refractivity contribution in [1.82, 2.24) is 4.72 Å². The van der Waals surface area contributed by atoms with E-state index in [1.807, 2.05) is 39.8 Å². The number of aliphatic hydroxyl groups is 1. The van der Waals surface area contributed by atoms with Gasteiger partial charge in [-0.3, -0.25) is 4.79 Å². The predicted molar refractivity (Wildman–Crippen MR) is 118 cm³/mol. The number of nitrogens with one attached hydrogen (secondary N) is 1. The molecule has 0 aliphatic heterocycles. The first-order chi connectivity index (χ1) is 13.2. The third kappa shape index (κ3) is 5.81. The highest BCUT2D eigenvalue weighted by atomic mass is 35.5. The molecule has 1 aromatic carbocycles. The summed E-state index contributed by atoms with van der Waals surface area (Å²) in [5.41, 5.74) is 2.02. The van der Waals surface area contributed by atoms with Crippen LogP contribution in [-0.2, 0) is 26.8 Å². The van der Waals surface area contributed by atoms with Gasteiger partial charge in [0.25, 0.3) is 10.0 Å². The number of rotatable bonds is 7. The van der Waals surface area contributed by atoms with Gasteiger partial charge in [-0.1, -0.05) is 39.3 Å². The number of halogens is 1. The molecule has 1 aromatic heterocycles. The molecule has 160 valence electrons. The van der Waals surface area contributed by atoms with Gasteiger partial charge in [0.05, 0.1) is 12.0 Å². The highest BCUT2D eigenvalue weighted by Gasteiger charge is 2.26. The van der Waals surface area contributed by atoms with Crippen molar-refractivity contribution in [3.05, 3.63) is 50.9 Å². The number of carbonyl (C=O) groups excluding carboxylic acids is 1. The molecule has 0 bridgehead atoms. The van der Waals surface area contributed by atoms with Crippen molar-refractivity contribution in [1.29, 1.82) is 0 Å². The predicted octanol–water partition coefficient (Wildman–Crippen LogP) is 4.92. The maximum absolute atomic E-state index is 12.7. The fourth-order valence-corrected chi connectivity index (χ4v) is 5.65. The second kappa shape index (κ2) is 8.76. The van der Waals surface area contributed by atoms with Crippen molar-refractivity contribution in [3.8, 4) is 0 Å². The molecule has 1 heterocycles. The fourth-order valence-electron chi connectivity index (χ4n) is 3.09. The Morgan fingerprint density at radius 3 is 2.07 bits per heavy atom. The summed E-state index contributed by atoms with van der Waals surface area (Å²) in [4.78, 5) is 12.7. The standard InChI is InChI=1S/C21H28ClNO4S2/c1-12(2)16-8-15(22)9-17(13(3)4)18(16)10-19(24)23-29(26,27)20-7-14(11-28-20)21(5,6)25/h7-9,11-13,25H,10H2,1-6H3,(H,23,24). The molecule has 8 heteroatoms. The number of hydrogen-bond donors (Lipinski definition) is 2. The van der Waals surface area contributed by atoms with Crippen LogP contribution in [0.4, 0.5) is 0 Å². The molecule has 5 nitrogen and oxygen atoms in total. The summed E-state index contributed by atoms with van der Waals surface area (Å²) >= 11 is 7.23. The van der Waals surface area contributed by atoms with Crippen LogP contribution in [0.5, 0.6) is 0 Å². The minimum absolute atomic E-state index is 0.00718. The number of hydrogen-bond acceptors (Lipinski definition) is 5. The largest absolute Gasteiger partial charge is 0.386 e. The van der Waals surface area contributed by atoms with Gasteiger partial charge in [-0.25, -0.2) is 13.1 Å². The minimum Gasteiger partial charge on any atom is -0.386 e. The minimum atomic E-state index is -4.01. The molecule has 0 atom stereocenters. The Kier molecular flexibility index (Phi) is 7.21. The number of carbonyl (C=O) groups is 1. The van der Waals surface area contributed by atoms with Gasteiger partial charge in [0, 0.05) is 5.02 Å². The molecule has 0 saturated heterocycles. The Balaban J connectivity index is 2.32. The second-order valence-electron chi connectivity index (χ2n) is 8.29. The summed E-state index contributed by atoms with van der Waals surface area (Å²) in [6.07, 6.45) is -0.0544. The molecule has 0 unspecified atom stereocenters. The Bertz CT molecular complexity index is 973. The van der Waals surface area contributed by atoms with E-state index in [2.05, 4.69) is 4.72 Å². The topological polar surface area (TPSA) is 83.5 Å². The average molecular weight is 458 g/mol. The van der Waals surface area contributed by atoms with Gasteiger partial charge in [0.2, 0.25) is 5.91 Å². The lowest BCUT2D eigenvalue weighted by molar-refractivity contribution is -0.118. The van der Waals surface area contributed by atoms with Gasteiger partial charge in [-0.05, 0) is 71.5 Å². The lowest BCUT2D eigenvalue weighted by atomic mass is 9.87. The van der Waals surface area contributed by atoms with Crippen molar-refractivity contribution in [2.24, 2.45) is 0 Å². The van der Waals surface area contributed by atoms with Gasteiger partial charge < -0.3 is 5.11 Å². The maximum Gasteiger partial charge on any atom is 0.273 e. The number of thiophene rings is 1. The molecular weight excluding hydrogens is 430 g/mol. The van der Waals surface area contributed by atoms with Gasteiger partial charge in [0.15, 0.2) is 0 Å². The molecule has 2 rings (SSSR count). The lowest BCUT2D eigenvalue weighted by Crippen LogP contribution is -2.32. The third-order valence-electron chi connectivity index (χ3n) is 4.66. The summed E-state index contributed by atoms with van der Waals surface area (Å²) in [6, 6.07) is 5.07. The van der Waals surface area contributed by atoms with Gasteiger partial charge in [-0.2, -0.15) is 0 Å². The molecule has 0 aliphatic rings.